The molecule has 6 heteroatoms. The van der Waals surface area contributed by atoms with E-state index in [2.05, 4.69) is 0 Å². The molecule has 1 atom stereocenters. The second-order valence-corrected chi connectivity index (χ2v) is 7.17. The lowest BCUT2D eigenvalue weighted by molar-refractivity contribution is 0.280. The van der Waals surface area contributed by atoms with Crippen molar-refractivity contribution in [2.75, 3.05) is 13.6 Å². The number of benzene rings is 1. The molecule has 1 rings (SSSR count). The van der Waals surface area contributed by atoms with Gasteiger partial charge in [0.25, 0.3) is 0 Å². The van der Waals surface area contributed by atoms with Gasteiger partial charge in [0.1, 0.15) is 5.82 Å². The fraction of sp³-hybridized carbons (Fsp3) is 0.571. The van der Waals surface area contributed by atoms with Gasteiger partial charge in [0.2, 0.25) is 10.0 Å². The van der Waals surface area contributed by atoms with Gasteiger partial charge in [-0.15, -0.1) is 0 Å². The zero-order valence-corrected chi connectivity index (χ0v) is 13.2. The van der Waals surface area contributed by atoms with Crippen molar-refractivity contribution in [1.82, 2.24) is 4.31 Å². The molecule has 0 bridgehead atoms. The number of halogens is 1. The molecule has 0 saturated heterocycles. The van der Waals surface area contributed by atoms with E-state index >= 15 is 0 Å². The third-order valence-electron chi connectivity index (χ3n) is 3.49. The number of hydrogen-bond donors (Lipinski definition) is 1. The molecule has 0 aliphatic rings. The molecule has 0 aromatic heterocycles. The summed E-state index contributed by atoms with van der Waals surface area (Å²) < 4.78 is 40.0. The molecule has 0 radical (unpaired) electrons. The number of aliphatic hydroxyl groups excluding tert-OH is 1. The van der Waals surface area contributed by atoms with Crippen molar-refractivity contribution in [3.05, 3.63) is 29.1 Å². The largest absolute Gasteiger partial charge is 0.392 e. The van der Waals surface area contributed by atoms with E-state index in [1.165, 1.54) is 24.3 Å². The topological polar surface area (TPSA) is 57.6 Å². The highest BCUT2D eigenvalue weighted by atomic mass is 32.2. The first-order valence-corrected chi connectivity index (χ1v) is 8.04. The fourth-order valence-corrected chi connectivity index (χ4v) is 3.47. The quantitative estimate of drug-likeness (QED) is 0.877. The van der Waals surface area contributed by atoms with Crippen molar-refractivity contribution in [3.8, 4) is 0 Å². The summed E-state index contributed by atoms with van der Waals surface area (Å²) in [5, 5.41) is 9.09. The summed E-state index contributed by atoms with van der Waals surface area (Å²) in [4.78, 5) is -0.0765. The molecular weight excluding hydrogens is 281 g/mol. The first-order valence-electron chi connectivity index (χ1n) is 6.60. The molecule has 0 heterocycles. The lowest BCUT2D eigenvalue weighted by Gasteiger charge is -2.22. The zero-order valence-electron chi connectivity index (χ0n) is 12.4. The van der Waals surface area contributed by atoms with Crippen molar-refractivity contribution < 1.29 is 17.9 Å². The van der Waals surface area contributed by atoms with Crippen LogP contribution < -0.4 is 0 Å². The van der Waals surface area contributed by atoms with Gasteiger partial charge < -0.3 is 5.11 Å². The minimum absolute atomic E-state index is 0.0765. The monoisotopic (exact) mass is 303 g/mol. The van der Waals surface area contributed by atoms with Crippen molar-refractivity contribution >= 4 is 10.0 Å². The van der Waals surface area contributed by atoms with E-state index in [1.807, 2.05) is 13.8 Å². The molecule has 0 fully saturated rings. The average molecular weight is 303 g/mol. The molecule has 114 valence electrons. The van der Waals surface area contributed by atoms with E-state index in [1.54, 1.807) is 0 Å². The van der Waals surface area contributed by atoms with Gasteiger partial charge in [0, 0.05) is 19.2 Å². The van der Waals surface area contributed by atoms with Gasteiger partial charge in [-0.05, 0) is 30.5 Å². The minimum atomic E-state index is -3.75. The van der Waals surface area contributed by atoms with Crippen molar-refractivity contribution in [2.45, 2.75) is 38.7 Å². The second kappa shape index (κ2) is 6.65. The number of hydrogen-bond acceptors (Lipinski definition) is 3. The highest BCUT2D eigenvalue weighted by molar-refractivity contribution is 7.89. The molecule has 0 aliphatic carbocycles. The summed E-state index contributed by atoms with van der Waals surface area (Å²) in [6.45, 7) is 5.37. The Balaban J connectivity index is 3.24. The summed E-state index contributed by atoms with van der Waals surface area (Å²) in [5.74, 6) is -0.395. The zero-order chi connectivity index (χ0) is 15.5. The third-order valence-corrected chi connectivity index (χ3v) is 5.44. The highest BCUT2D eigenvalue weighted by Gasteiger charge is 2.25. The van der Waals surface area contributed by atoms with Crippen LogP contribution >= 0.6 is 0 Å². The Hall–Kier alpha value is -0.980. The second-order valence-electron chi connectivity index (χ2n) is 5.16. The smallest absolute Gasteiger partial charge is 0.243 e. The van der Waals surface area contributed by atoms with Crippen LogP contribution in [0.5, 0.6) is 0 Å². The summed E-state index contributed by atoms with van der Waals surface area (Å²) in [6, 6.07) is 2.49. The first kappa shape index (κ1) is 17.1. The maximum Gasteiger partial charge on any atom is 0.243 e. The van der Waals surface area contributed by atoms with Gasteiger partial charge in [-0.3, -0.25) is 0 Å². The Kier molecular flexibility index (Phi) is 5.68. The molecule has 4 nitrogen and oxygen atoms in total. The average Bonchev–Trinajstić information content (AvgIpc) is 2.40. The third kappa shape index (κ3) is 3.56. The number of sulfonamides is 1. The molecule has 0 spiro atoms. The van der Waals surface area contributed by atoms with Crippen molar-refractivity contribution in [3.63, 3.8) is 0 Å². The molecule has 1 N–H and O–H groups in total. The van der Waals surface area contributed by atoms with Gasteiger partial charge in [-0.1, -0.05) is 20.3 Å². The van der Waals surface area contributed by atoms with Crippen LogP contribution in [0.1, 0.15) is 31.4 Å². The van der Waals surface area contributed by atoms with Crippen LogP contribution in [0.4, 0.5) is 4.39 Å². The van der Waals surface area contributed by atoms with Gasteiger partial charge in [-0.2, -0.15) is 0 Å². The Morgan fingerprint density at radius 1 is 1.40 bits per heavy atom. The Morgan fingerprint density at radius 2 is 2.00 bits per heavy atom. The van der Waals surface area contributed by atoms with Crippen LogP contribution in [0.3, 0.4) is 0 Å². The summed E-state index contributed by atoms with van der Waals surface area (Å²) in [5.41, 5.74) is 0.335. The van der Waals surface area contributed by atoms with Crippen molar-refractivity contribution in [1.29, 1.82) is 0 Å². The number of aliphatic hydroxyl groups is 1. The highest BCUT2D eigenvalue weighted by Crippen LogP contribution is 2.24. The van der Waals surface area contributed by atoms with E-state index in [0.29, 0.717) is 6.54 Å². The van der Waals surface area contributed by atoms with E-state index in [0.717, 1.165) is 12.5 Å². The lowest BCUT2D eigenvalue weighted by Crippen LogP contribution is -2.31. The minimum Gasteiger partial charge on any atom is -0.392 e. The summed E-state index contributed by atoms with van der Waals surface area (Å²) in [7, 11) is -2.26. The van der Waals surface area contributed by atoms with Gasteiger partial charge in [0.15, 0.2) is 0 Å². The first-order chi connectivity index (χ1) is 9.23. The Labute approximate surface area is 120 Å². The van der Waals surface area contributed by atoms with Crippen LogP contribution in [0.15, 0.2) is 17.0 Å². The predicted octanol–water partition coefficient (Wildman–Crippen LogP) is 2.29. The standard InChI is InChI=1S/C14H22FNO3S/c1-5-10(2)8-16(4)20(18,19)14-7-12(9-17)6-13(15)11(14)3/h6-7,10,17H,5,8-9H2,1-4H3. The molecule has 1 aromatic rings. The Morgan fingerprint density at radius 3 is 2.50 bits per heavy atom. The summed E-state index contributed by atoms with van der Waals surface area (Å²) >= 11 is 0. The van der Waals surface area contributed by atoms with Crippen LogP contribution in [0.2, 0.25) is 0 Å². The van der Waals surface area contributed by atoms with Crippen molar-refractivity contribution in [2.24, 2.45) is 5.92 Å². The molecule has 0 aliphatic heterocycles. The van der Waals surface area contributed by atoms with Crippen LogP contribution in [-0.2, 0) is 16.6 Å². The number of rotatable bonds is 6. The molecule has 20 heavy (non-hydrogen) atoms. The van der Waals surface area contributed by atoms with E-state index in [9.17, 15) is 12.8 Å². The fourth-order valence-electron chi connectivity index (χ4n) is 1.90. The summed E-state index contributed by atoms with van der Waals surface area (Å²) in [6.07, 6.45) is 0.865. The molecule has 1 aromatic carbocycles. The Bertz CT molecular complexity index is 572. The molecule has 1 unspecified atom stereocenters. The predicted molar refractivity (Wildman–Crippen MR) is 76.3 cm³/mol. The van der Waals surface area contributed by atoms with Gasteiger partial charge in [-0.25, -0.2) is 17.1 Å². The van der Waals surface area contributed by atoms with Gasteiger partial charge in [0.05, 0.1) is 11.5 Å². The van der Waals surface area contributed by atoms with Crippen LogP contribution in [-0.4, -0.2) is 31.4 Å². The van der Waals surface area contributed by atoms with Gasteiger partial charge >= 0.3 is 0 Å². The lowest BCUT2D eigenvalue weighted by atomic mass is 10.1. The van der Waals surface area contributed by atoms with E-state index in [-0.39, 0.29) is 21.9 Å². The van der Waals surface area contributed by atoms with Crippen LogP contribution in [0, 0.1) is 18.7 Å². The maximum absolute atomic E-state index is 13.8. The van der Waals surface area contributed by atoms with E-state index < -0.39 is 22.4 Å². The SMILES string of the molecule is CCC(C)CN(C)S(=O)(=O)c1cc(CO)cc(F)c1C. The number of nitrogens with zero attached hydrogens (tertiary/aromatic N) is 1. The maximum atomic E-state index is 13.8. The normalized spacial score (nSPS) is 13.8. The molecule has 0 saturated carbocycles. The van der Waals surface area contributed by atoms with Crippen LogP contribution in [0.25, 0.3) is 0 Å². The molecule has 0 amide bonds. The van der Waals surface area contributed by atoms with E-state index in [4.69, 9.17) is 5.11 Å². The molecular formula is C14H22FNO3S.